The molecule has 1 aliphatic heterocycles. The third-order valence-electron chi connectivity index (χ3n) is 3.35. The number of anilines is 1. The highest BCUT2D eigenvalue weighted by Crippen LogP contribution is 2.20. The molecule has 1 aromatic rings. The molecule has 2 rings (SSSR count). The highest BCUT2D eigenvalue weighted by atomic mass is 16.3. The van der Waals surface area contributed by atoms with Crippen LogP contribution in [0.4, 0.5) is 5.69 Å². The van der Waals surface area contributed by atoms with Crippen LogP contribution < -0.4 is 10.6 Å². The third kappa shape index (κ3) is 2.96. The van der Waals surface area contributed by atoms with E-state index in [2.05, 4.69) is 22.9 Å². The molecule has 0 bridgehead atoms. The normalized spacial score (nSPS) is 22.5. The zero-order valence-corrected chi connectivity index (χ0v) is 10.3. The van der Waals surface area contributed by atoms with Gasteiger partial charge in [-0.1, -0.05) is 6.92 Å². The van der Waals surface area contributed by atoms with E-state index in [0.717, 1.165) is 37.2 Å². The van der Waals surface area contributed by atoms with Gasteiger partial charge in [-0.3, -0.25) is 4.98 Å². The molecule has 1 aromatic heterocycles. The largest absolute Gasteiger partial charge is 0.391 e. The van der Waals surface area contributed by atoms with E-state index in [4.69, 9.17) is 5.73 Å². The monoisotopic (exact) mass is 235 g/mol. The van der Waals surface area contributed by atoms with Crippen molar-refractivity contribution in [2.24, 2.45) is 5.73 Å². The maximum absolute atomic E-state index is 9.64. The highest BCUT2D eigenvalue weighted by Gasteiger charge is 2.18. The molecule has 4 nitrogen and oxygen atoms in total. The zero-order chi connectivity index (χ0) is 12.3. The van der Waals surface area contributed by atoms with Crippen molar-refractivity contribution >= 4 is 5.69 Å². The molecular weight excluding hydrogens is 214 g/mol. The average molecular weight is 235 g/mol. The van der Waals surface area contributed by atoms with E-state index in [9.17, 15) is 5.11 Å². The topological polar surface area (TPSA) is 62.4 Å². The van der Waals surface area contributed by atoms with Crippen LogP contribution in [0.1, 0.15) is 37.9 Å². The fourth-order valence-electron chi connectivity index (χ4n) is 2.20. The molecule has 94 valence electrons. The Hall–Kier alpha value is -1.13. The molecule has 0 spiro atoms. The summed E-state index contributed by atoms with van der Waals surface area (Å²) >= 11 is 0. The van der Waals surface area contributed by atoms with Crippen molar-refractivity contribution in [3.63, 3.8) is 0 Å². The minimum Gasteiger partial charge on any atom is -0.391 e. The van der Waals surface area contributed by atoms with E-state index >= 15 is 0 Å². The smallest absolute Gasteiger partial charge is 0.0715 e. The Labute approximate surface area is 102 Å². The first-order valence-electron chi connectivity index (χ1n) is 6.35. The fourth-order valence-corrected chi connectivity index (χ4v) is 2.20. The summed E-state index contributed by atoms with van der Waals surface area (Å²) in [6.45, 7) is 3.76. The van der Waals surface area contributed by atoms with Crippen LogP contribution in [0.25, 0.3) is 0 Å². The lowest BCUT2D eigenvalue weighted by molar-refractivity contribution is 0.154. The van der Waals surface area contributed by atoms with Gasteiger partial charge in [0.25, 0.3) is 0 Å². The van der Waals surface area contributed by atoms with Gasteiger partial charge in [0.15, 0.2) is 0 Å². The molecule has 1 fully saturated rings. The predicted octanol–water partition coefficient (Wildman–Crippen LogP) is 1.45. The second kappa shape index (κ2) is 5.47. The molecule has 2 atom stereocenters. The summed E-state index contributed by atoms with van der Waals surface area (Å²) in [5.41, 5.74) is 7.95. The van der Waals surface area contributed by atoms with Gasteiger partial charge in [-0.25, -0.2) is 0 Å². The van der Waals surface area contributed by atoms with Crippen molar-refractivity contribution in [1.82, 2.24) is 4.98 Å². The Kier molecular flexibility index (Phi) is 3.97. The van der Waals surface area contributed by atoms with Crippen LogP contribution >= 0.6 is 0 Å². The van der Waals surface area contributed by atoms with Gasteiger partial charge < -0.3 is 15.7 Å². The van der Waals surface area contributed by atoms with Gasteiger partial charge in [0, 0.05) is 19.1 Å². The number of nitrogens with two attached hydrogens (primary N) is 1. The number of hydrogen-bond acceptors (Lipinski definition) is 4. The van der Waals surface area contributed by atoms with Crippen molar-refractivity contribution in [3.05, 3.63) is 24.0 Å². The van der Waals surface area contributed by atoms with E-state index in [0.29, 0.717) is 6.54 Å². The Balaban J connectivity index is 2.06. The van der Waals surface area contributed by atoms with Gasteiger partial charge in [-0.2, -0.15) is 0 Å². The number of hydrogen-bond donors (Lipinski definition) is 2. The second-order valence-electron chi connectivity index (χ2n) is 4.70. The number of β-amino-alcohol motifs (C(OH)–C–C–N with tert-alkyl or cyclic N) is 1. The summed E-state index contributed by atoms with van der Waals surface area (Å²) in [7, 11) is 0. The molecule has 0 amide bonds. The van der Waals surface area contributed by atoms with Crippen LogP contribution in [-0.2, 0) is 0 Å². The van der Waals surface area contributed by atoms with Gasteiger partial charge in [0.1, 0.15) is 0 Å². The summed E-state index contributed by atoms with van der Waals surface area (Å²) in [6, 6.07) is 4.07. The number of nitrogens with zero attached hydrogens (tertiary/aromatic N) is 2. The SMILES string of the molecule is CCC(N)c1ccc(N2CCCC(O)C2)cn1. The second-order valence-corrected chi connectivity index (χ2v) is 4.70. The van der Waals surface area contributed by atoms with Gasteiger partial charge in [-0.05, 0) is 31.4 Å². The molecule has 0 aliphatic carbocycles. The quantitative estimate of drug-likeness (QED) is 0.832. The standard InChI is InChI=1S/C13H21N3O/c1-2-12(14)13-6-5-10(8-15-13)16-7-3-4-11(17)9-16/h5-6,8,11-12,17H,2-4,7,9,14H2,1H3. The Morgan fingerprint density at radius 2 is 2.41 bits per heavy atom. The number of piperidine rings is 1. The number of aromatic nitrogens is 1. The van der Waals surface area contributed by atoms with E-state index in [1.807, 2.05) is 12.3 Å². The van der Waals surface area contributed by atoms with Crippen molar-refractivity contribution in [2.45, 2.75) is 38.3 Å². The molecule has 0 radical (unpaired) electrons. The third-order valence-corrected chi connectivity index (χ3v) is 3.35. The maximum Gasteiger partial charge on any atom is 0.0715 e. The first kappa shape index (κ1) is 12.3. The van der Waals surface area contributed by atoms with Crippen molar-refractivity contribution in [2.75, 3.05) is 18.0 Å². The van der Waals surface area contributed by atoms with Crippen molar-refractivity contribution in [3.8, 4) is 0 Å². The minimum absolute atomic E-state index is 0.0241. The summed E-state index contributed by atoms with van der Waals surface area (Å²) in [4.78, 5) is 6.58. The zero-order valence-electron chi connectivity index (χ0n) is 10.3. The van der Waals surface area contributed by atoms with E-state index in [-0.39, 0.29) is 12.1 Å². The van der Waals surface area contributed by atoms with Crippen LogP contribution in [-0.4, -0.2) is 29.3 Å². The highest BCUT2D eigenvalue weighted by molar-refractivity contribution is 5.45. The molecule has 1 aliphatic rings. The van der Waals surface area contributed by atoms with Crippen LogP contribution in [0.3, 0.4) is 0 Å². The maximum atomic E-state index is 9.64. The lowest BCUT2D eigenvalue weighted by Gasteiger charge is -2.31. The van der Waals surface area contributed by atoms with E-state index in [1.165, 1.54) is 0 Å². The van der Waals surface area contributed by atoms with Gasteiger partial charge in [-0.15, -0.1) is 0 Å². The number of pyridine rings is 1. The minimum atomic E-state index is -0.207. The molecule has 0 aromatic carbocycles. The molecule has 17 heavy (non-hydrogen) atoms. The van der Waals surface area contributed by atoms with E-state index in [1.54, 1.807) is 0 Å². The molecule has 0 saturated carbocycles. The van der Waals surface area contributed by atoms with Crippen molar-refractivity contribution in [1.29, 1.82) is 0 Å². The molecule has 2 heterocycles. The van der Waals surface area contributed by atoms with Gasteiger partial charge in [0.05, 0.1) is 23.7 Å². The first-order valence-corrected chi connectivity index (χ1v) is 6.35. The average Bonchev–Trinajstić information content (AvgIpc) is 2.38. The molecular formula is C13H21N3O. The summed E-state index contributed by atoms with van der Waals surface area (Å²) in [6.07, 6.45) is 4.50. The fraction of sp³-hybridized carbons (Fsp3) is 0.615. The van der Waals surface area contributed by atoms with Crippen molar-refractivity contribution < 1.29 is 5.11 Å². The number of aliphatic hydroxyl groups excluding tert-OH is 1. The lowest BCUT2D eigenvalue weighted by atomic mass is 10.1. The summed E-state index contributed by atoms with van der Waals surface area (Å²) < 4.78 is 0. The summed E-state index contributed by atoms with van der Waals surface area (Å²) in [5, 5.41) is 9.64. The predicted molar refractivity (Wildman–Crippen MR) is 68.9 cm³/mol. The first-order chi connectivity index (χ1) is 8.20. The summed E-state index contributed by atoms with van der Waals surface area (Å²) in [5.74, 6) is 0. The van der Waals surface area contributed by atoms with Gasteiger partial charge >= 0.3 is 0 Å². The van der Waals surface area contributed by atoms with Crippen LogP contribution in [0, 0.1) is 0 Å². The van der Waals surface area contributed by atoms with Gasteiger partial charge in [0.2, 0.25) is 0 Å². The Morgan fingerprint density at radius 3 is 3.00 bits per heavy atom. The van der Waals surface area contributed by atoms with Crippen LogP contribution in [0.15, 0.2) is 18.3 Å². The lowest BCUT2D eigenvalue weighted by Crippen LogP contribution is -2.38. The van der Waals surface area contributed by atoms with Crippen LogP contribution in [0.5, 0.6) is 0 Å². The Bertz CT molecular complexity index is 352. The molecule has 2 unspecified atom stereocenters. The number of aliphatic hydroxyl groups is 1. The van der Waals surface area contributed by atoms with Crippen LogP contribution in [0.2, 0.25) is 0 Å². The Morgan fingerprint density at radius 1 is 1.59 bits per heavy atom. The molecule has 1 saturated heterocycles. The molecule has 4 heteroatoms. The molecule has 3 N–H and O–H groups in total. The number of rotatable bonds is 3. The van der Waals surface area contributed by atoms with E-state index < -0.39 is 0 Å².